The fourth-order valence-electron chi connectivity index (χ4n) is 3.38. The van der Waals surface area contributed by atoms with Gasteiger partial charge in [-0.15, -0.1) is 0 Å². The normalized spacial score (nSPS) is 13.4. The predicted molar refractivity (Wildman–Crippen MR) is 84.0 cm³/mol. The third-order valence-electron chi connectivity index (χ3n) is 4.32. The minimum Gasteiger partial charge on any atom is -0.458 e. The predicted octanol–water partition coefficient (Wildman–Crippen LogP) is 2.69. The molecule has 3 aromatic carbocycles. The Balaban J connectivity index is 1.86. The van der Waals surface area contributed by atoms with E-state index in [4.69, 9.17) is 9.47 Å². The summed E-state index contributed by atoms with van der Waals surface area (Å²) in [6.45, 7) is -0.305. The van der Waals surface area contributed by atoms with E-state index in [9.17, 15) is 8.78 Å². The van der Waals surface area contributed by atoms with Gasteiger partial charge < -0.3 is 9.47 Å². The Bertz CT molecular complexity index is 897. The van der Waals surface area contributed by atoms with Gasteiger partial charge in [-0.25, -0.2) is 8.78 Å². The number of halogens is 2. The van der Waals surface area contributed by atoms with Gasteiger partial charge in [-0.3, -0.25) is 0 Å². The van der Waals surface area contributed by atoms with E-state index in [0.29, 0.717) is 33.9 Å². The van der Waals surface area contributed by atoms with E-state index in [-0.39, 0.29) is 18.3 Å². The molecule has 0 saturated carbocycles. The smallest absolute Gasteiger partial charge is 0.260 e. The molecule has 110 valence electrons. The van der Waals surface area contributed by atoms with E-state index in [1.54, 1.807) is 12.1 Å². The molecule has 2 nitrogen and oxygen atoms in total. The maximum atomic E-state index is 13.8. The summed E-state index contributed by atoms with van der Waals surface area (Å²) in [6.07, 6.45) is 0. The second-order valence-electron chi connectivity index (χ2n) is 5.67. The molecule has 3 aromatic rings. The summed E-state index contributed by atoms with van der Waals surface area (Å²) in [7, 11) is 0. The van der Waals surface area contributed by atoms with Gasteiger partial charge in [-0.2, -0.15) is 0 Å². The quantitative estimate of drug-likeness (QED) is 0.410. The molecule has 2 aliphatic heterocycles. The molecular weight excluding hydrogens is 297 g/mol. The monoisotopic (exact) mass is 306 g/mol. The fraction of sp³-hybridized carbons (Fsp3) is 0. The zero-order valence-corrected chi connectivity index (χ0v) is 11.8. The summed E-state index contributed by atoms with van der Waals surface area (Å²) in [5.74, 6) is 1.77. The van der Waals surface area contributed by atoms with Crippen LogP contribution in [0.4, 0.5) is 8.78 Å². The van der Waals surface area contributed by atoms with Crippen molar-refractivity contribution in [3.05, 3.63) is 66.2 Å². The highest BCUT2D eigenvalue weighted by molar-refractivity contribution is 6.98. The summed E-state index contributed by atoms with van der Waals surface area (Å²) in [5, 5.41) is 0. The molecule has 23 heavy (non-hydrogen) atoms. The molecule has 0 N–H and O–H groups in total. The number of benzene rings is 3. The lowest BCUT2D eigenvalue weighted by Crippen LogP contribution is -2.57. The summed E-state index contributed by atoms with van der Waals surface area (Å²) in [6, 6.07) is 14.3. The lowest BCUT2D eigenvalue weighted by molar-refractivity contribution is 0.462. The third kappa shape index (κ3) is 1.73. The molecule has 5 heteroatoms. The van der Waals surface area contributed by atoms with Crippen molar-refractivity contribution in [2.45, 2.75) is 0 Å². The van der Waals surface area contributed by atoms with Crippen molar-refractivity contribution in [3.8, 4) is 23.0 Å². The minimum atomic E-state index is -0.349. The van der Waals surface area contributed by atoms with Crippen LogP contribution in [0.3, 0.4) is 0 Å². The molecule has 0 aromatic heterocycles. The van der Waals surface area contributed by atoms with Crippen molar-refractivity contribution in [2.75, 3.05) is 0 Å². The molecule has 0 fully saturated rings. The molecule has 0 aliphatic carbocycles. The molecule has 2 aliphatic rings. The number of fused-ring (bicyclic) bond motifs is 4. The Morgan fingerprint density at radius 1 is 0.652 bits per heavy atom. The molecular formula is C18H9BF2O2. The van der Waals surface area contributed by atoms with Crippen LogP contribution in [0.2, 0.25) is 0 Å². The molecule has 0 amide bonds. The summed E-state index contributed by atoms with van der Waals surface area (Å²) in [4.78, 5) is 0. The van der Waals surface area contributed by atoms with E-state index in [1.165, 1.54) is 24.3 Å². The second-order valence-corrected chi connectivity index (χ2v) is 5.67. The zero-order chi connectivity index (χ0) is 15.6. The standard InChI is InChI=1S/C18H9BF2O2/c20-10-4-6-14-12(8-10)19-13-9-11(21)5-7-15(13)23-17-3-1-2-16(22-14)18(17)19/h1-9H. The third-order valence-corrected chi connectivity index (χ3v) is 4.32. The second kappa shape index (κ2) is 4.35. The van der Waals surface area contributed by atoms with Crippen LogP contribution in [0.25, 0.3) is 0 Å². The van der Waals surface area contributed by atoms with E-state index in [2.05, 4.69) is 0 Å². The van der Waals surface area contributed by atoms with Gasteiger partial charge in [-0.05, 0) is 59.5 Å². The highest BCUT2D eigenvalue weighted by Gasteiger charge is 2.40. The molecule has 0 radical (unpaired) electrons. The van der Waals surface area contributed by atoms with Crippen LogP contribution in [0.1, 0.15) is 0 Å². The van der Waals surface area contributed by atoms with Gasteiger partial charge in [0.25, 0.3) is 6.71 Å². The first-order valence-corrected chi connectivity index (χ1v) is 7.28. The van der Waals surface area contributed by atoms with Gasteiger partial charge >= 0.3 is 0 Å². The molecule has 0 spiro atoms. The van der Waals surface area contributed by atoms with Gasteiger partial charge in [0.1, 0.15) is 34.6 Å². The van der Waals surface area contributed by atoms with Crippen LogP contribution in [0.15, 0.2) is 54.6 Å². The SMILES string of the molecule is Fc1ccc2c(c1)B1c3cc(F)ccc3Oc3cccc(c31)O2. The fourth-order valence-corrected chi connectivity index (χ4v) is 3.38. The van der Waals surface area contributed by atoms with E-state index < -0.39 is 0 Å². The Labute approximate surface area is 131 Å². The van der Waals surface area contributed by atoms with Crippen LogP contribution in [-0.2, 0) is 0 Å². The van der Waals surface area contributed by atoms with Crippen LogP contribution >= 0.6 is 0 Å². The number of ether oxygens (including phenoxy) is 2. The molecule has 0 unspecified atom stereocenters. The first-order chi connectivity index (χ1) is 11.2. The molecule has 5 rings (SSSR count). The maximum absolute atomic E-state index is 13.8. The average molecular weight is 306 g/mol. The van der Waals surface area contributed by atoms with Gasteiger partial charge in [0.05, 0.1) is 0 Å². The van der Waals surface area contributed by atoms with Crippen LogP contribution in [0, 0.1) is 11.6 Å². The lowest BCUT2D eigenvalue weighted by Gasteiger charge is -2.32. The van der Waals surface area contributed by atoms with E-state index in [0.717, 1.165) is 5.46 Å². The van der Waals surface area contributed by atoms with Crippen LogP contribution in [-0.4, -0.2) is 6.71 Å². The first kappa shape index (κ1) is 12.7. The van der Waals surface area contributed by atoms with Crippen LogP contribution in [0.5, 0.6) is 23.0 Å². The first-order valence-electron chi connectivity index (χ1n) is 7.28. The Morgan fingerprint density at radius 2 is 1.17 bits per heavy atom. The van der Waals surface area contributed by atoms with Crippen molar-refractivity contribution < 1.29 is 18.3 Å². The molecule has 0 atom stereocenters. The highest BCUT2D eigenvalue weighted by atomic mass is 19.1. The molecule has 2 heterocycles. The summed E-state index contributed by atoms with van der Waals surface area (Å²) in [5.41, 5.74) is 2.17. The topological polar surface area (TPSA) is 18.5 Å². The van der Waals surface area contributed by atoms with E-state index >= 15 is 0 Å². The Hall–Kier alpha value is -2.82. The van der Waals surface area contributed by atoms with Crippen molar-refractivity contribution in [1.29, 1.82) is 0 Å². The van der Waals surface area contributed by atoms with Gasteiger partial charge in [0.15, 0.2) is 0 Å². The zero-order valence-electron chi connectivity index (χ0n) is 11.8. The van der Waals surface area contributed by atoms with E-state index in [1.807, 2.05) is 18.2 Å². The molecule has 0 saturated heterocycles. The lowest BCUT2D eigenvalue weighted by atomic mass is 9.35. The highest BCUT2D eigenvalue weighted by Crippen LogP contribution is 2.34. The Kier molecular flexibility index (Phi) is 2.40. The number of hydrogen-bond acceptors (Lipinski definition) is 2. The van der Waals surface area contributed by atoms with Gasteiger partial charge in [0.2, 0.25) is 0 Å². The van der Waals surface area contributed by atoms with Gasteiger partial charge in [-0.1, -0.05) is 6.07 Å². The largest absolute Gasteiger partial charge is 0.458 e. The number of hydrogen-bond donors (Lipinski definition) is 0. The minimum absolute atomic E-state index is 0.305. The van der Waals surface area contributed by atoms with Crippen molar-refractivity contribution in [3.63, 3.8) is 0 Å². The van der Waals surface area contributed by atoms with Crippen LogP contribution < -0.4 is 25.9 Å². The number of rotatable bonds is 0. The van der Waals surface area contributed by atoms with Crippen molar-refractivity contribution >= 4 is 23.1 Å². The Morgan fingerprint density at radius 3 is 1.70 bits per heavy atom. The van der Waals surface area contributed by atoms with Crippen molar-refractivity contribution in [1.82, 2.24) is 0 Å². The van der Waals surface area contributed by atoms with Crippen molar-refractivity contribution in [2.24, 2.45) is 0 Å². The maximum Gasteiger partial charge on any atom is 0.260 e. The molecule has 0 bridgehead atoms. The summed E-state index contributed by atoms with van der Waals surface area (Å²) < 4.78 is 39.4. The summed E-state index contributed by atoms with van der Waals surface area (Å²) >= 11 is 0. The van der Waals surface area contributed by atoms with Gasteiger partial charge in [0, 0.05) is 5.46 Å². The average Bonchev–Trinajstić information content (AvgIpc) is 2.55.